The Morgan fingerprint density at radius 1 is 1.33 bits per heavy atom. The van der Waals surface area contributed by atoms with Gasteiger partial charge < -0.3 is 25.4 Å². The third kappa shape index (κ3) is 2.71. The van der Waals surface area contributed by atoms with E-state index in [2.05, 4.69) is 15.4 Å². The Morgan fingerprint density at radius 3 is 2.67 bits per heavy atom. The molecular weight excluding hydrogens is 314 g/mol. The van der Waals surface area contributed by atoms with Gasteiger partial charge in [-0.3, -0.25) is 4.79 Å². The zero-order valence-corrected chi connectivity index (χ0v) is 13.0. The number of hydrogen-bond acceptors (Lipinski definition) is 5. The summed E-state index contributed by atoms with van der Waals surface area (Å²) in [5, 5.41) is 14.4. The number of amides is 3. The van der Waals surface area contributed by atoms with Gasteiger partial charge in [0.1, 0.15) is 0 Å². The van der Waals surface area contributed by atoms with Crippen molar-refractivity contribution in [2.75, 3.05) is 26.8 Å². The molecule has 3 rings (SSSR count). The smallest absolute Gasteiger partial charge is 0.337 e. The number of nitrogens with zero attached hydrogens (tertiary/aromatic N) is 1. The lowest BCUT2D eigenvalue weighted by molar-refractivity contribution is -0.126. The summed E-state index contributed by atoms with van der Waals surface area (Å²) in [6, 6.07) is 5.52. The Kier molecular flexibility index (Phi) is 4.22. The fraction of sp³-hybridized carbons (Fsp3) is 0.312. The van der Waals surface area contributed by atoms with Crippen LogP contribution in [0.5, 0.6) is 0 Å². The molecule has 0 radical (unpaired) electrons. The molecule has 0 aromatic heterocycles. The molecule has 8 heteroatoms. The minimum Gasteiger partial charge on any atom is -0.465 e. The number of carbonyl (C=O) groups is 3. The average molecular weight is 331 g/mol. The van der Waals surface area contributed by atoms with E-state index in [1.807, 2.05) is 0 Å². The summed E-state index contributed by atoms with van der Waals surface area (Å²) in [4.78, 5) is 37.4. The number of urea groups is 1. The van der Waals surface area contributed by atoms with Gasteiger partial charge in [-0.15, -0.1) is 0 Å². The highest BCUT2D eigenvalue weighted by molar-refractivity contribution is 6.01. The molecule has 1 atom stereocenters. The van der Waals surface area contributed by atoms with Gasteiger partial charge in [0.05, 0.1) is 43.1 Å². The summed E-state index contributed by atoms with van der Waals surface area (Å²) in [6.07, 6.45) is 0. The summed E-state index contributed by atoms with van der Waals surface area (Å²) in [5.41, 5.74) is 2.06. The molecule has 0 bridgehead atoms. The van der Waals surface area contributed by atoms with Gasteiger partial charge in [-0.2, -0.15) is 0 Å². The van der Waals surface area contributed by atoms with Gasteiger partial charge in [-0.25, -0.2) is 9.59 Å². The van der Waals surface area contributed by atoms with Crippen LogP contribution in [0.2, 0.25) is 0 Å². The third-order valence-corrected chi connectivity index (χ3v) is 4.06. The number of nitrogens with one attached hydrogen (secondary N) is 2. The predicted octanol–water partition coefficient (Wildman–Crippen LogP) is -0.0843. The number of β-amino-alcohol motifs (C(OH)–C–C–N with tert-alkyl or cyclic N) is 1. The van der Waals surface area contributed by atoms with E-state index in [0.29, 0.717) is 22.4 Å². The number of ether oxygens (including phenoxy) is 1. The van der Waals surface area contributed by atoms with Crippen LogP contribution in [0.4, 0.5) is 4.79 Å². The van der Waals surface area contributed by atoms with Crippen molar-refractivity contribution in [1.82, 2.24) is 15.5 Å². The average Bonchev–Trinajstić information content (AvgIpc) is 2.89. The Hall–Kier alpha value is -2.87. The van der Waals surface area contributed by atoms with Gasteiger partial charge >= 0.3 is 12.0 Å². The molecule has 24 heavy (non-hydrogen) atoms. The standard InChI is InChI=1S/C16H17N3O5/c1-24-15(22)10-4-2-9(3-5-10)13-12-11(17-16(23)18-13)8-19(6-7-20)14(12)21/h2-5,13,20H,6-8H2,1H3,(H2,17,18,23)/t13-/m0/s1. The molecule has 3 N–H and O–H groups in total. The van der Waals surface area contributed by atoms with E-state index in [1.54, 1.807) is 24.3 Å². The van der Waals surface area contributed by atoms with Gasteiger partial charge in [-0.1, -0.05) is 12.1 Å². The van der Waals surface area contributed by atoms with Crippen molar-refractivity contribution in [1.29, 1.82) is 0 Å². The molecule has 2 heterocycles. The fourth-order valence-electron chi connectivity index (χ4n) is 2.91. The number of benzene rings is 1. The zero-order valence-electron chi connectivity index (χ0n) is 13.0. The van der Waals surface area contributed by atoms with Gasteiger partial charge in [0.25, 0.3) is 5.91 Å². The van der Waals surface area contributed by atoms with Crippen molar-refractivity contribution in [3.8, 4) is 0 Å². The zero-order chi connectivity index (χ0) is 17.3. The Bertz CT molecular complexity index is 726. The number of methoxy groups -OCH3 is 1. The van der Waals surface area contributed by atoms with Crippen molar-refractivity contribution in [2.45, 2.75) is 6.04 Å². The molecular formula is C16H17N3O5. The van der Waals surface area contributed by atoms with E-state index < -0.39 is 18.0 Å². The summed E-state index contributed by atoms with van der Waals surface area (Å²) >= 11 is 0. The van der Waals surface area contributed by atoms with Crippen LogP contribution in [-0.2, 0) is 9.53 Å². The molecule has 126 valence electrons. The molecule has 8 nitrogen and oxygen atoms in total. The molecule has 0 unspecified atom stereocenters. The van der Waals surface area contributed by atoms with E-state index >= 15 is 0 Å². The van der Waals surface area contributed by atoms with Crippen LogP contribution in [0.1, 0.15) is 22.0 Å². The Balaban J connectivity index is 1.92. The van der Waals surface area contributed by atoms with Crippen LogP contribution in [-0.4, -0.2) is 54.7 Å². The number of hydrogen-bond donors (Lipinski definition) is 3. The highest BCUT2D eigenvalue weighted by Gasteiger charge is 2.40. The minimum atomic E-state index is -0.600. The first kappa shape index (κ1) is 16.0. The first-order valence-electron chi connectivity index (χ1n) is 7.44. The van der Waals surface area contributed by atoms with Crippen molar-refractivity contribution >= 4 is 17.9 Å². The third-order valence-electron chi connectivity index (χ3n) is 4.06. The first-order valence-corrected chi connectivity index (χ1v) is 7.44. The van der Waals surface area contributed by atoms with E-state index in [-0.39, 0.29) is 25.6 Å². The van der Waals surface area contributed by atoms with Gasteiger partial charge in [-0.05, 0) is 17.7 Å². The lowest BCUT2D eigenvalue weighted by atomic mass is 9.95. The normalized spacial score (nSPS) is 19.8. The van der Waals surface area contributed by atoms with E-state index in [1.165, 1.54) is 12.0 Å². The second-order valence-electron chi connectivity index (χ2n) is 5.49. The topological polar surface area (TPSA) is 108 Å². The van der Waals surface area contributed by atoms with Gasteiger partial charge in [0.2, 0.25) is 0 Å². The van der Waals surface area contributed by atoms with Crippen LogP contribution in [0.25, 0.3) is 0 Å². The molecule has 0 saturated carbocycles. The monoisotopic (exact) mass is 331 g/mol. The van der Waals surface area contributed by atoms with Crippen molar-refractivity contribution < 1.29 is 24.2 Å². The second kappa shape index (κ2) is 6.32. The van der Waals surface area contributed by atoms with Crippen LogP contribution in [0, 0.1) is 0 Å². The lowest BCUT2D eigenvalue weighted by Gasteiger charge is -2.25. The maximum Gasteiger partial charge on any atom is 0.337 e. The molecule has 0 spiro atoms. The summed E-state index contributed by atoms with van der Waals surface area (Å²) in [6.45, 7) is 0.320. The van der Waals surface area contributed by atoms with Gasteiger partial charge in [0, 0.05) is 6.54 Å². The minimum absolute atomic E-state index is 0.147. The fourth-order valence-corrected chi connectivity index (χ4v) is 2.91. The molecule has 0 aliphatic carbocycles. The molecule has 2 aliphatic heterocycles. The SMILES string of the molecule is COC(=O)c1ccc([C@@H]2NC(=O)NC3=C2C(=O)N(CCO)C3)cc1. The number of esters is 1. The Morgan fingerprint density at radius 2 is 2.04 bits per heavy atom. The highest BCUT2D eigenvalue weighted by Crippen LogP contribution is 2.32. The summed E-state index contributed by atoms with van der Waals surface area (Å²) in [7, 11) is 1.30. The molecule has 1 aromatic rings. The predicted molar refractivity (Wildman–Crippen MR) is 82.9 cm³/mol. The number of aliphatic hydroxyl groups is 1. The van der Waals surface area contributed by atoms with Crippen LogP contribution in [0.3, 0.4) is 0 Å². The van der Waals surface area contributed by atoms with Crippen LogP contribution >= 0.6 is 0 Å². The number of carbonyl (C=O) groups excluding carboxylic acids is 3. The van der Waals surface area contributed by atoms with E-state index in [4.69, 9.17) is 5.11 Å². The largest absolute Gasteiger partial charge is 0.465 e. The van der Waals surface area contributed by atoms with E-state index in [9.17, 15) is 14.4 Å². The lowest BCUT2D eigenvalue weighted by Crippen LogP contribution is -2.44. The summed E-state index contributed by atoms with van der Waals surface area (Å²) < 4.78 is 4.65. The maximum absolute atomic E-state index is 12.5. The molecule has 3 amide bonds. The van der Waals surface area contributed by atoms with Crippen molar-refractivity contribution in [3.05, 3.63) is 46.7 Å². The molecule has 1 aromatic carbocycles. The van der Waals surface area contributed by atoms with Crippen molar-refractivity contribution in [2.24, 2.45) is 0 Å². The summed E-state index contributed by atoms with van der Waals surface area (Å²) in [5.74, 6) is -0.685. The van der Waals surface area contributed by atoms with Gasteiger partial charge in [0.15, 0.2) is 0 Å². The molecule has 0 fully saturated rings. The van der Waals surface area contributed by atoms with Crippen LogP contribution < -0.4 is 10.6 Å². The van der Waals surface area contributed by atoms with Crippen LogP contribution in [0.15, 0.2) is 35.5 Å². The second-order valence-corrected chi connectivity index (χ2v) is 5.49. The van der Waals surface area contributed by atoms with Crippen molar-refractivity contribution in [3.63, 3.8) is 0 Å². The van der Waals surface area contributed by atoms with E-state index in [0.717, 1.165) is 0 Å². The highest BCUT2D eigenvalue weighted by atomic mass is 16.5. The molecule has 0 saturated heterocycles. The first-order chi connectivity index (χ1) is 11.5. The molecule has 2 aliphatic rings. The number of aliphatic hydroxyl groups excluding tert-OH is 1. The Labute approximate surface area is 138 Å². The maximum atomic E-state index is 12.5. The number of rotatable bonds is 4. The quantitative estimate of drug-likeness (QED) is 0.669.